The molecule has 1 N–H and O–H groups in total. The third-order valence-electron chi connectivity index (χ3n) is 3.83. The van der Waals surface area contributed by atoms with Crippen molar-refractivity contribution in [3.05, 3.63) is 23.8 Å². The maximum Gasteiger partial charge on any atom is 0.410 e. The highest BCUT2D eigenvalue weighted by Crippen LogP contribution is 2.26. The molecule has 0 spiro atoms. The first kappa shape index (κ1) is 18.9. The number of amides is 1. The Kier molecular flexibility index (Phi) is 5.77. The maximum absolute atomic E-state index is 12.1. The number of rotatable bonds is 5. The Labute approximate surface area is 147 Å². The van der Waals surface area contributed by atoms with Gasteiger partial charge < -0.3 is 24.2 Å². The fourth-order valence-electron chi connectivity index (χ4n) is 2.60. The van der Waals surface area contributed by atoms with Gasteiger partial charge in [0, 0.05) is 19.0 Å². The zero-order valence-electron chi connectivity index (χ0n) is 15.1. The zero-order chi connectivity index (χ0) is 18.6. The molecule has 1 aliphatic rings. The number of hydrogen-bond acceptors (Lipinski definition) is 5. The third kappa shape index (κ3) is 5.27. The summed E-state index contributed by atoms with van der Waals surface area (Å²) in [5.41, 5.74) is -0.466. The lowest BCUT2D eigenvalue weighted by atomic mass is 10.1. The van der Waals surface area contributed by atoms with Crippen LogP contribution < -0.4 is 9.47 Å². The molecule has 1 aromatic carbocycles. The number of carboxylic acid groups (broad SMARTS) is 1. The van der Waals surface area contributed by atoms with Gasteiger partial charge in [0.25, 0.3) is 0 Å². The monoisotopic (exact) mass is 351 g/mol. The Morgan fingerprint density at radius 2 is 2.04 bits per heavy atom. The first-order valence-corrected chi connectivity index (χ1v) is 8.21. The van der Waals surface area contributed by atoms with Crippen molar-refractivity contribution in [1.82, 2.24) is 4.90 Å². The summed E-state index contributed by atoms with van der Waals surface area (Å²) < 4.78 is 16.1. The fourth-order valence-corrected chi connectivity index (χ4v) is 2.60. The summed E-state index contributed by atoms with van der Waals surface area (Å²) in [5, 5.41) is 9.30. The summed E-state index contributed by atoms with van der Waals surface area (Å²) in [7, 11) is 1.48. The number of aromatic carboxylic acids is 1. The lowest BCUT2D eigenvalue weighted by Crippen LogP contribution is -2.35. The topological polar surface area (TPSA) is 85.3 Å². The summed E-state index contributed by atoms with van der Waals surface area (Å²) in [6.07, 6.45) is 0.461. The number of benzene rings is 1. The van der Waals surface area contributed by atoms with Crippen molar-refractivity contribution in [2.45, 2.75) is 32.8 Å². The van der Waals surface area contributed by atoms with E-state index in [0.29, 0.717) is 31.2 Å². The van der Waals surface area contributed by atoms with Crippen LogP contribution in [-0.2, 0) is 4.74 Å². The minimum atomic E-state index is -1.07. The smallest absolute Gasteiger partial charge is 0.410 e. The summed E-state index contributed by atoms with van der Waals surface area (Å²) in [6, 6.07) is 4.67. The van der Waals surface area contributed by atoms with E-state index in [1.54, 1.807) is 17.0 Å². The number of ether oxygens (including phenoxy) is 3. The first-order chi connectivity index (χ1) is 11.7. The molecule has 1 heterocycles. The quantitative estimate of drug-likeness (QED) is 0.878. The van der Waals surface area contributed by atoms with E-state index in [2.05, 4.69) is 0 Å². The molecule has 138 valence electrons. The summed E-state index contributed by atoms with van der Waals surface area (Å²) in [6.45, 7) is 6.98. The number of carboxylic acids is 1. The van der Waals surface area contributed by atoms with Gasteiger partial charge in [0.05, 0.1) is 13.7 Å². The zero-order valence-corrected chi connectivity index (χ0v) is 15.1. The highest BCUT2D eigenvalue weighted by molar-refractivity contribution is 5.91. The van der Waals surface area contributed by atoms with Gasteiger partial charge in [-0.2, -0.15) is 0 Å². The second kappa shape index (κ2) is 7.63. The van der Waals surface area contributed by atoms with Crippen molar-refractivity contribution < 1.29 is 28.9 Å². The van der Waals surface area contributed by atoms with Crippen LogP contribution in [-0.4, -0.2) is 54.5 Å². The SMILES string of the molecule is COc1ccc(OCC2CCN(C(=O)OC(C)(C)C)C2)c(C(=O)O)c1. The lowest BCUT2D eigenvalue weighted by molar-refractivity contribution is 0.0284. The molecule has 1 saturated heterocycles. The number of likely N-dealkylation sites (tertiary alicyclic amines) is 1. The van der Waals surface area contributed by atoms with Crippen molar-refractivity contribution in [3.63, 3.8) is 0 Å². The Bertz CT molecular complexity index is 637. The van der Waals surface area contributed by atoms with Crippen molar-refractivity contribution in [2.24, 2.45) is 5.92 Å². The second-order valence-electron chi connectivity index (χ2n) is 7.06. The summed E-state index contributed by atoms with van der Waals surface area (Å²) >= 11 is 0. The molecule has 0 aromatic heterocycles. The molecule has 0 aliphatic carbocycles. The van der Waals surface area contributed by atoms with Gasteiger partial charge in [0.15, 0.2) is 0 Å². The minimum Gasteiger partial charge on any atom is -0.497 e. The van der Waals surface area contributed by atoms with E-state index in [0.717, 1.165) is 6.42 Å². The molecule has 1 amide bonds. The van der Waals surface area contributed by atoms with E-state index in [1.165, 1.54) is 13.2 Å². The van der Waals surface area contributed by atoms with Gasteiger partial charge in [-0.05, 0) is 45.4 Å². The number of nitrogens with zero attached hydrogens (tertiary/aromatic N) is 1. The molecule has 0 radical (unpaired) electrons. The van der Waals surface area contributed by atoms with E-state index >= 15 is 0 Å². The average molecular weight is 351 g/mol. The molecule has 25 heavy (non-hydrogen) atoms. The number of carbonyl (C=O) groups excluding carboxylic acids is 1. The van der Waals surface area contributed by atoms with Gasteiger partial charge in [-0.3, -0.25) is 0 Å². The molecule has 0 bridgehead atoms. The fraction of sp³-hybridized carbons (Fsp3) is 0.556. The third-order valence-corrected chi connectivity index (χ3v) is 3.83. The molecule has 1 fully saturated rings. The number of methoxy groups -OCH3 is 1. The first-order valence-electron chi connectivity index (χ1n) is 8.21. The molecule has 0 saturated carbocycles. The lowest BCUT2D eigenvalue weighted by Gasteiger charge is -2.24. The van der Waals surface area contributed by atoms with Crippen LogP contribution in [0.4, 0.5) is 4.79 Å². The predicted molar refractivity (Wildman–Crippen MR) is 91.4 cm³/mol. The Morgan fingerprint density at radius 3 is 2.64 bits per heavy atom. The molecule has 1 unspecified atom stereocenters. The van der Waals surface area contributed by atoms with Crippen LogP contribution in [0, 0.1) is 5.92 Å². The maximum atomic E-state index is 12.1. The summed E-state index contributed by atoms with van der Waals surface area (Å²) in [4.78, 5) is 25.1. The Hall–Kier alpha value is -2.44. The normalized spacial score (nSPS) is 17.3. The Morgan fingerprint density at radius 1 is 1.32 bits per heavy atom. The standard InChI is InChI=1S/C18H25NO6/c1-18(2,3)25-17(22)19-8-7-12(10-19)11-24-15-6-5-13(23-4)9-14(15)16(20)21/h5-6,9,12H,7-8,10-11H2,1-4H3,(H,20,21). The molecule has 1 atom stereocenters. The van der Waals surface area contributed by atoms with E-state index in [-0.39, 0.29) is 17.6 Å². The Balaban J connectivity index is 1.93. The van der Waals surface area contributed by atoms with E-state index in [1.807, 2.05) is 20.8 Å². The number of hydrogen-bond donors (Lipinski definition) is 1. The van der Waals surface area contributed by atoms with Crippen molar-refractivity contribution in [1.29, 1.82) is 0 Å². The average Bonchev–Trinajstić information content (AvgIpc) is 3.00. The molecular weight excluding hydrogens is 326 g/mol. The summed E-state index contributed by atoms with van der Waals surface area (Å²) in [5.74, 6) is -0.183. The highest BCUT2D eigenvalue weighted by atomic mass is 16.6. The van der Waals surface area contributed by atoms with Crippen LogP contribution in [0.15, 0.2) is 18.2 Å². The van der Waals surface area contributed by atoms with E-state index in [9.17, 15) is 14.7 Å². The number of carbonyl (C=O) groups is 2. The largest absolute Gasteiger partial charge is 0.497 e. The van der Waals surface area contributed by atoms with Crippen LogP contribution in [0.3, 0.4) is 0 Å². The van der Waals surface area contributed by atoms with Gasteiger partial charge in [-0.25, -0.2) is 9.59 Å². The molecule has 2 rings (SSSR count). The highest BCUT2D eigenvalue weighted by Gasteiger charge is 2.30. The van der Waals surface area contributed by atoms with Gasteiger partial charge in [0.1, 0.15) is 22.7 Å². The second-order valence-corrected chi connectivity index (χ2v) is 7.06. The van der Waals surface area contributed by atoms with Crippen LogP contribution in [0.2, 0.25) is 0 Å². The van der Waals surface area contributed by atoms with Crippen molar-refractivity contribution in [3.8, 4) is 11.5 Å². The molecule has 7 nitrogen and oxygen atoms in total. The van der Waals surface area contributed by atoms with Crippen LogP contribution in [0.5, 0.6) is 11.5 Å². The van der Waals surface area contributed by atoms with Crippen LogP contribution in [0.1, 0.15) is 37.6 Å². The molecule has 7 heteroatoms. The van der Waals surface area contributed by atoms with Crippen LogP contribution in [0.25, 0.3) is 0 Å². The van der Waals surface area contributed by atoms with Crippen molar-refractivity contribution in [2.75, 3.05) is 26.8 Å². The van der Waals surface area contributed by atoms with Gasteiger partial charge in [0.2, 0.25) is 0 Å². The van der Waals surface area contributed by atoms with Crippen LogP contribution >= 0.6 is 0 Å². The van der Waals surface area contributed by atoms with E-state index < -0.39 is 11.6 Å². The van der Waals surface area contributed by atoms with Gasteiger partial charge in [-0.1, -0.05) is 0 Å². The van der Waals surface area contributed by atoms with Gasteiger partial charge >= 0.3 is 12.1 Å². The van der Waals surface area contributed by atoms with Gasteiger partial charge in [-0.15, -0.1) is 0 Å². The predicted octanol–water partition coefficient (Wildman–Crippen LogP) is 3.03. The minimum absolute atomic E-state index is 0.0568. The molecular formula is C18H25NO6. The van der Waals surface area contributed by atoms with E-state index in [4.69, 9.17) is 14.2 Å². The molecule has 1 aliphatic heterocycles. The molecule has 1 aromatic rings. The van der Waals surface area contributed by atoms with Crippen molar-refractivity contribution >= 4 is 12.1 Å².